The van der Waals surface area contributed by atoms with Gasteiger partial charge in [-0.05, 0) is 36.4 Å². The van der Waals surface area contributed by atoms with Crippen molar-refractivity contribution >= 4 is 27.3 Å². The third kappa shape index (κ3) is 4.68. The molecule has 0 fully saturated rings. The van der Waals surface area contributed by atoms with Crippen LogP contribution in [0.15, 0.2) is 58.3 Å². The lowest BCUT2D eigenvalue weighted by molar-refractivity contribution is 0.346. The zero-order valence-electron chi connectivity index (χ0n) is 11.7. The van der Waals surface area contributed by atoms with Crippen LogP contribution in [0.3, 0.4) is 0 Å². The van der Waals surface area contributed by atoms with Gasteiger partial charge in [0.1, 0.15) is 5.75 Å². The van der Waals surface area contributed by atoms with Crippen LogP contribution in [0.1, 0.15) is 0 Å². The molecule has 0 bridgehead atoms. The Kier molecular flexibility index (Phi) is 5.14. The van der Waals surface area contributed by atoms with E-state index in [0.717, 1.165) is 10.6 Å². The SMILES string of the molecule is CS(=O)(=O)c1ccc(SCCOc2ccccc2N)cc1. The molecule has 6 heteroatoms. The molecule has 2 aromatic carbocycles. The van der Waals surface area contributed by atoms with Gasteiger partial charge in [0.15, 0.2) is 9.84 Å². The molecule has 0 radical (unpaired) electrons. The van der Waals surface area contributed by atoms with E-state index in [1.54, 1.807) is 42.1 Å². The van der Waals surface area contributed by atoms with Gasteiger partial charge in [0, 0.05) is 16.9 Å². The maximum Gasteiger partial charge on any atom is 0.175 e. The molecule has 2 N–H and O–H groups in total. The summed E-state index contributed by atoms with van der Waals surface area (Å²) in [5.41, 5.74) is 6.41. The van der Waals surface area contributed by atoms with Gasteiger partial charge in [-0.25, -0.2) is 8.42 Å². The second-order valence-corrected chi connectivity index (χ2v) is 7.66. The van der Waals surface area contributed by atoms with E-state index in [1.807, 2.05) is 18.2 Å². The molecular formula is C15H17NO3S2. The number of nitrogens with two attached hydrogens (primary N) is 1. The predicted molar refractivity (Wildman–Crippen MR) is 86.6 cm³/mol. The fraction of sp³-hybridized carbons (Fsp3) is 0.200. The molecule has 0 saturated carbocycles. The molecule has 0 saturated heterocycles. The Hall–Kier alpha value is -1.66. The van der Waals surface area contributed by atoms with Crippen LogP contribution < -0.4 is 10.5 Å². The van der Waals surface area contributed by atoms with Crippen molar-refractivity contribution in [3.8, 4) is 5.75 Å². The van der Waals surface area contributed by atoms with Crippen LogP contribution in [0, 0.1) is 0 Å². The minimum Gasteiger partial charge on any atom is -0.491 e. The van der Waals surface area contributed by atoms with Crippen molar-refractivity contribution in [3.05, 3.63) is 48.5 Å². The lowest BCUT2D eigenvalue weighted by Gasteiger charge is -2.08. The van der Waals surface area contributed by atoms with Crippen LogP contribution in [0.4, 0.5) is 5.69 Å². The number of rotatable bonds is 6. The molecule has 0 atom stereocenters. The first kappa shape index (κ1) is 15.7. The molecule has 0 aliphatic heterocycles. The van der Waals surface area contributed by atoms with Crippen LogP contribution in [-0.2, 0) is 9.84 Å². The number of anilines is 1. The van der Waals surface area contributed by atoms with Gasteiger partial charge in [0.25, 0.3) is 0 Å². The number of hydrogen-bond acceptors (Lipinski definition) is 5. The summed E-state index contributed by atoms with van der Waals surface area (Å²) in [7, 11) is -3.13. The van der Waals surface area contributed by atoms with Gasteiger partial charge in [0.2, 0.25) is 0 Å². The molecule has 2 aromatic rings. The van der Waals surface area contributed by atoms with Crippen LogP contribution in [0.2, 0.25) is 0 Å². The van der Waals surface area contributed by atoms with Crippen molar-refractivity contribution < 1.29 is 13.2 Å². The van der Waals surface area contributed by atoms with Gasteiger partial charge in [0.05, 0.1) is 17.2 Å². The largest absolute Gasteiger partial charge is 0.491 e. The second kappa shape index (κ2) is 6.87. The zero-order valence-corrected chi connectivity index (χ0v) is 13.3. The Morgan fingerprint density at radius 3 is 2.38 bits per heavy atom. The Labute approximate surface area is 129 Å². The topological polar surface area (TPSA) is 69.4 Å². The predicted octanol–water partition coefficient (Wildman–Crippen LogP) is 2.84. The number of nitrogen functional groups attached to an aromatic ring is 1. The van der Waals surface area contributed by atoms with E-state index in [2.05, 4.69) is 0 Å². The summed E-state index contributed by atoms with van der Waals surface area (Å²) in [5, 5.41) is 0. The number of benzene rings is 2. The summed E-state index contributed by atoms with van der Waals surface area (Å²) in [4.78, 5) is 1.34. The molecule has 4 nitrogen and oxygen atoms in total. The highest BCUT2D eigenvalue weighted by atomic mass is 32.2. The first-order valence-corrected chi connectivity index (χ1v) is 9.25. The highest BCUT2D eigenvalue weighted by Crippen LogP contribution is 2.22. The van der Waals surface area contributed by atoms with E-state index in [0.29, 0.717) is 22.9 Å². The summed E-state index contributed by atoms with van der Waals surface area (Å²) in [6.07, 6.45) is 1.20. The van der Waals surface area contributed by atoms with Crippen LogP contribution in [-0.4, -0.2) is 27.0 Å². The van der Waals surface area contributed by atoms with Crippen molar-refractivity contribution in [2.24, 2.45) is 0 Å². The monoisotopic (exact) mass is 323 g/mol. The first-order chi connectivity index (χ1) is 9.97. The minimum absolute atomic E-state index is 0.333. The standard InChI is InChI=1S/C15H17NO3S2/c1-21(17,18)13-8-6-12(7-9-13)20-11-10-19-15-5-3-2-4-14(15)16/h2-9H,10-11,16H2,1H3. The van der Waals surface area contributed by atoms with Gasteiger partial charge in [-0.3, -0.25) is 0 Å². The fourth-order valence-electron chi connectivity index (χ4n) is 1.71. The molecule has 2 rings (SSSR count). The maximum atomic E-state index is 11.4. The van der Waals surface area contributed by atoms with Crippen molar-refractivity contribution in [2.45, 2.75) is 9.79 Å². The van der Waals surface area contributed by atoms with E-state index in [1.165, 1.54) is 6.26 Å². The normalized spacial score (nSPS) is 11.3. The quantitative estimate of drug-likeness (QED) is 0.503. The maximum absolute atomic E-state index is 11.4. The van der Waals surface area contributed by atoms with Crippen LogP contribution in [0.5, 0.6) is 5.75 Å². The van der Waals surface area contributed by atoms with E-state index in [-0.39, 0.29) is 0 Å². The summed E-state index contributed by atoms with van der Waals surface area (Å²) in [5.74, 6) is 1.44. The van der Waals surface area contributed by atoms with Gasteiger partial charge >= 0.3 is 0 Å². The molecule has 112 valence electrons. The first-order valence-electron chi connectivity index (χ1n) is 6.37. The highest BCUT2D eigenvalue weighted by molar-refractivity contribution is 7.99. The highest BCUT2D eigenvalue weighted by Gasteiger charge is 2.06. The third-order valence-corrected chi connectivity index (χ3v) is 4.89. The Bertz CT molecular complexity index is 697. The number of ether oxygens (including phenoxy) is 1. The Balaban J connectivity index is 1.83. The fourth-order valence-corrected chi connectivity index (χ4v) is 3.07. The molecule has 21 heavy (non-hydrogen) atoms. The average Bonchev–Trinajstić information content (AvgIpc) is 2.45. The van der Waals surface area contributed by atoms with Crippen molar-refractivity contribution in [1.82, 2.24) is 0 Å². The van der Waals surface area contributed by atoms with E-state index >= 15 is 0 Å². The number of thioether (sulfide) groups is 1. The molecule has 0 amide bonds. The van der Waals surface area contributed by atoms with Gasteiger partial charge in [-0.2, -0.15) is 0 Å². The summed E-state index contributed by atoms with van der Waals surface area (Å²) in [6, 6.07) is 14.2. The summed E-state index contributed by atoms with van der Waals surface area (Å²) >= 11 is 1.60. The lowest BCUT2D eigenvalue weighted by atomic mass is 10.3. The second-order valence-electron chi connectivity index (χ2n) is 4.48. The van der Waals surface area contributed by atoms with E-state index in [9.17, 15) is 8.42 Å². The smallest absolute Gasteiger partial charge is 0.175 e. The molecule has 0 spiro atoms. The number of para-hydroxylation sites is 2. The number of hydrogen-bond donors (Lipinski definition) is 1. The molecule has 0 heterocycles. The molecule has 0 aromatic heterocycles. The summed E-state index contributed by atoms with van der Waals surface area (Å²) < 4.78 is 28.3. The van der Waals surface area contributed by atoms with Gasteiger partial charge in [-0.15, -0.1) is 11.8 Å². The molecular weight excluding hydrogens is 306 g/mol. The lowest BCUT2D eigenvalue weighted by Crippen LogP contribution is -2.02. The van der Waals surface area contributed by atoms with Gasteiger partial charge in [-0.1, -0.05) is 12.1 Å². The molecule has 0 unspecified atom stereocenters. The third-order valence-electron chi connectivity index (χ3n) is 2.78. The Morgan fingerprint density at radius 1 is 1.10 bits per heavy atom. The minimum atomic E-state index is -3.13. The average molecular weight is 323 g/mol. The zero-order chi connectivity index (χ0) is 15.3. The van der Waals surface area contributed by atoms with E-state index < -0.39 is 9.84 Å². The van der Waals surface area contributed by atoms with Crippen LogP contribution >= 0.6 is 11.8 Å². The summed E-state index contributed by atoms with van der Waals surface area (Å²) in [6.45, 7) is 0.534. The Morgan fingerprint density at radius 2 is 1.76 bits per heavy atom. The molecule has 0 aliphatic carbocycles. The van der Waals surface area contributed by atoms with Crippen molar-refractivity contribution in [1.29, 1.82) is 0 Å². The van der Waals surface area contributed by atoms with E-state index in [4.69, 9.17) is 10.5 Å². The van der Waals surface area contributed by atoms with Crippen molar-refractivity contribution in [3.63, 3.8) is 0 Å². The van der Waals surface area contributed by atoms with Crippen molar-refractivity contribution in [2.75, 3.05) is 24.3 Å². The van der Waals surface area contributed by atoms with Crippen LogP contribution in [0.25, 0.3) is 0 Å². The van der Waals surface area contributed by atoms with Gasteiger partial charge < -0.3 is 10.5 Å². The number of sulfone groups is 1. The molecule has 0 aliphatic rings.